The number of aliphatic carboxylic acids is 1. The zero-order valence-electron chi connectivity index (χ0n) is 32.7. The second-order valence-corrected chi connectivity index (χ2v) is 15.0. The minimum absolute atomic E-state index is 0.0761. The average molecular weight is 727 g/mol. The molecule has 0 radical (unpaired) electrons. The van der Waals surface area contributed by atoms with E-state index in [0.717, 1.165) is 51.4 Å². The first-order chi connectivity index (χ1) is 24.8. The van der Waals surface area contributed by atoms with Gasteiger partial charge in [0.1, 0.15) is 24.4 Å². The maximum absolute atomic E-state index is 13.8. The molecule has 0 aromatic rings. The van der Waals surface area contributed by atoms with Gasteiger partial charge >= 0.3 is 5.97 Å². The zero-order chi connectivity index (χ0) is 37.5. The third kappa shape index (κ3) is 22.8. The standard InChI is InChI=1S/C41H78N2O8/c1-3-5-7-9-11-13-15-16-17-18-19-20-22-24-26-30-36(46)43(32-27-25-23-21-14-12-10-8-6-4-2)41-38(40(50)39(49)34(33-44)51-41)42-35(45)29-28-31-37(47)48/h34,38-41,44,49-50H,3-33H2,1-2H3,(H,42,45)(H,47,48)/t34-,38+,39-,40-,41-/m1/s1. The molecule has 10 nitrogen and oxygen atoms in total. The fraction of sp³-hybridized carbons (Fsp3) is 0.927. The molecule has 0 aliphatic carbocycles. The van der Waals surface area contributed by atoms with Gasteiger partial charge in [-0.3, -0.25) is 14.4 Å². The van der Waals surface area contributed by atoms with Crippen LogP contribution in [0.3, 0.4) is 0 Å². The molecule has 0 aromatic heterocycles. The van der Waals surface area contributed by atoms with Gasteiger partial charge in [-0.05, 0) is 19.3 Å². The van der Waals surface area contributed by atoms with Crippen LogP contribution in [0.4, 0.5) is 0 Å². The number of amides is 2. The molecule has 0 bridgehead atoms. The Morgan fingerprint density at radius 1 is 0.569 bits per heavy atom. The fourth-order valence-electron chi connectivity index (χ4n) is 7.13. The molecule has 0 spiro atoms. The van der Waals surface area contributed by atoms with Crippen molar-refractivity contribution in [2.75, 3.05) is 13.2 Å². The van der Waals surface area contributed by atoms with Crippen molar-refractivity contribution in [3.63, 3.8) is 0 Å². The van der Waals surface area contributed by atoms with E-state index >= 15 is 0 Å². The van der Waals surface area contributed by atoms with Crippen LogP contribution in [0.25, 0.3) is 0 Å². The third-order valence-corrected chi connectivity index (χ3v) is 10.4. The Hall–Kier alpha value is -1.75. The molecular weight excluding hydrogens is 648 g/mol. The maximum Gasteiger partial charge on any atom is 0.303 e. The van der Waals surface area contributed by atoms with Gasteiger partial charge in [0.25, 0.3) is 0 Å². The second kappa shape index (κ2) is 31.7. The van der Waals surface area contributed by atoms with Gasteiger partial charge in [-0.15, -0.1) is 0 Å². The summed E-state index contributed by atoms with van der Waals surface area (Å²) in [6, 6.07) is -1.12. The number of unbranched alkanes of at least 4 members (excludes halogenated alkanes) is 23. The van der Waals surface area contributed by atoms with Gasteiger partial charge in [0.15, 0.2) is 6.23 Å². The van der Waals surface area contributed by atoms with Crippen LogP contribution in [0.5, 0.6) is 0 Å². The highest BCUT2D eigenvalue weighted by molar-refractivity contribution is 5.78. The van der Waals surface area contributed by atoms with Crippen molar-refractivity contribution >= 4 is 17.8 Å². The van der Waals surface area contributed by atoms with Crippen LogP contribution >= 0.6 is 0 Å². The topological polar surface area (TPSA) is 157 Å². The third-order valence-electron chi connectivity index (χ3n) is 10.4. The molecule has 0 saturated carbocycles. The lowest BCUT2D eigenvalue weighted by molar-refractivity contribution is -0.231. The molecule has 300 valence electrons. The van der Waals surface area contributed by atoms with Crippen LogP contribution in [0, 0.1) is 0 Å². The van der Waals surface area contributed by atoms with E-state index in [1.807, 2.05) is 0 Å². The Labute approximate surface area is 310 Å². The highest BCUT2D eigenvalue weighted by atomic mass is 16.5. The summed E-state index contributed by atoms with van der Waals surface area (Å²) in [6.07, 6.45) is 25.1. The smallest absolute Gasteiger partial charge is 0.303 e. The Balaban J connectivity index is 2.68. The lowest BCUT2D eigenvalue weighted by Gasteiger charge is -2.47. The zero-order valence-corrected chi connectivity index (χ0v) is 32.7. The molecule has 1 fully saturated rings. The van der Waals surface area contributed by atoms with Crippen molar-refractivity contribution in [3.05, 3.63) is 0 Å². The number of ether oxygens (including phenoxy) is 1. The van der Waals surface area contributed by atoms with E-state index in [0.29, 0.717) is 13.0 Å². The molecule has 5 atom stereocenters. The van der Waals surface area contributed by atoms with Crippen molar-refractivity contribution in [2.24, 2.45) is 0 Å². The van der Waals surface area contributed by atoms with E-state index < -0.39 is 49.1 Å². The van der Waals surface area contributed by atoms with Crippen LogP contribution in [0.15, 0.2) is 0 Å². The minimum Gasteiger partial charge on any atom is -0.481 e. The average Bonchev–Trinajstić information content (AvgIpc) is 3.11. The number of hydrogen-bond donors (Lipinski definition) is 5. The van der Waals surface area contributed by atoms with Crippen LogP contribution < -0.4 is 5.32 Å². The first kappa shape index (κ1) is 47.3. The highest BCUT2D eigenvalue weighted by Gasteiger charge is 2.48. The van der Waals surface area contributed by atoms with E-state index in [1.165, 1.54) is 109 Å². The van der Waals surface area contributed by atoms with Gasteiger partial charge < -0.3 is 35.4 Å². The highest BCUT2D eigenvalue weighted by Crippen LogP contribution is 2.26. The SMILES string of the molecule is CCCCCCCCCCCCCCCCCC(=O)N(CCCCCCCCCCCC)[C@@H]1O[C@H](CO)[C@@H](O)[C@H](O)[C@@H]1NC(=O)CCCC(=O)O. The largest absolute Gasteiger partial charge is 0.481 e. The molecule has 1 rings (SSSR count). The van der Waals surface area contributed by atoms with Gasteiger partial charge in [-0.2, -0.15) is 0 Å². The molecular formula is C41H78N2O8. The number of carbonyl (C=O) groups excluding carboxylic acids is 2. The summed E-state index contributed by atoms with van der Waals surface area (Å²) in [5, 5.41) is 43.3. The van der Waals surface area contributed by atoms with E-state index in [2.05, 4.69) is 19.2 Å². The molecule has 1 aliphatic heterocycles. The number of aliphatic hydroxyl groups excluding tert-OH is 3. The minimum atomic E-state index is -1.47. The Bertz CT molecular complexity index is 875. The first-order valence-electron chi connectivity index (χ1n) is 21.2. The molecule has 0 unspecified atom stereocenters. The predicted molar refractivity (Wildman–Crippen MR) is 204 cm³/mol. The number of carbonyl (C=O) groups is 3. The number of nitrogens with zero attached hydrogens (tertiary/aromatic N) is 1. The molecule has 1 aliphatic rings. The van der Waals surface area contributed by atoms with Crippen molar-refractivity contribution < 1.29 is 39.5 Å². The second-order valence-electron chi connectivity index (χ2n) is 15.0. The lowest BCUT2D eigenvalue weighted by Crippen LogP contribution is -2.68. The molecule has 1 heterocycles. The Morgan fingerprint density at radius 2 is 1.00 bits per heavy atom. The number of carboxylic acids is 1. The van der Waals surface area contributed by atoms with Gasteiger partial charge in [-0.1, -0.05) is 162 Å². The molecule has 0 aromatic carbocycles. The summed E-state index contributed by atoms with van der Waals surface area (Å²) in [5.41, 5.74) is 0. The maximum atomic E-state index is 13.8. The lowest BCUT2D eigenvalue weighted by atomic mass is 9.94. The Kier molecular flexibility index (Phi) is 29.4. The van der Waals surface area contributed by atoms with Gasteiger partial charge in [0.05, 0.1) is 6.61 Å². The van der Waals surface area contributed by atoms with Crippen LogP contribution in [-0.4, -0.2) is 86.8 Å². The first-order valence-corrected chi connectivity index (χ1v) is 21.2. The van der Waals surface area contributed by atoms with Crippen LogP contribution in [0.2, 0.25) is 0 Å². The predicted octanol–water partition coefficient (Wildman–Crippen LogP) is 8.18. The summed E-state index contributed by atoms with van der Waals surface area (Å²) >= 11 is 0. The summed E-state index contributed by atoms with van der Waals surface area (Å²) in [4.78, 5) is 39.1. The summed E-state index contributed by atoms with van der Waals surface area (Å²) in [5.74, 6) is -1.62. The van der Waals surface area contributed by atoms with Gasteiger partial charge in [-0.25, -0.2) is 0 Å². The summed E-state index contributed by atoms with van der Waals surface area (Å²) in [6.45, 7) is 4.31. The van der Waals surface area contributed by atoms with E-state index in [-0.39, 0.29) is 25.2 Å². The van der Waals surface area contributed by atoms with Crippen molar-refractivity contribution in [3.8, 4) is 0 Å². The van der Waals surface area contributed by atoms with E-state index in [9.17, 15) is 29.7 Å². The molecule has 10 heteroatoms. The number of hydrogen-bond acceptors (Lipinski definition) is 7. The fourth-order valence-corrected chi connectivity index (χ4v) is 7.13. The molecule has 1 saturated heterocycles. The van der Waals surface area contributed by atoms with E-state index in [4.69, 9.17) is 9.84 Å². The van der Waals surface area contributed by atoms with Crippen LogP contribution in [0.1, 0.15) is 200 Å². The van der Waals surface area contributed by atoms with Crippen molar-refractivity contribution in [1.82, 2.24) is 10.2 Å². The molecule has 51 heavy (non-hydrogen) atoms. The van der Waals surface area contributed by atoms with Crippen molar-refractivity contribution in [2.45, 2.75) is 231 Å². The molecule has 5 N–H and O–H groups in total. The summed E-state index contributed by atoms with van der Waals surface area (Å²) in [7, 11) is 0. The quantitative estimate of drug-likeness (QED) is 0.0416. The van der Waals surface area contributed by atoms with Crippen molar-refractivity contribution in [1.29, 1.82) is 0 Å². The monoisotopic (exact) mass is 727 g/mol. The number of carboxylic acid groups (broad SMARTS) is 1. The molecule has 2 amide bonds. The van der Waals surface area contributed by atoms with E-state index in [1.54, 1.807) is 4.90 Å². The van der Waals surface area contributed by atoms with Gasteiger partial charge in [0.2, 0.25) is 11.8 Å². The number of nitrogens with one attached hydrogen (secondary N) is 1. The summed E-state index contributed by atoms with van der Waals surface area (Å²) < 4.78 is 6.07. The number of aliphatic hydroxyl groups is 3. The normalized spacial score (nSPS) is 20.4. The van der Waals surface area contributed by atoms with Crippen LogP contribution in [-0.2, 0) is 19.1 Å². The Morgan fingerprint density at radius 3 is 1.43 bits per heavy atom. The van der Waals surface area contributed by atoms with Gasteiger partial charge in [0, 0.05) is 25.8 Å². The number of rotatable bonds is 34.